The molecule has 2 heterocycles. The lowest BCUT2D eigenvalue weighted by molar-refractivity contribution is -0.127. The Hall–Kier alpha value is -0.980. The summed E-state index contributed by atoms with van der Waals surface area (Å²) in [6.07, 6.45) is 2.81. The molecule has 0 saturated carbocycles. The van der Waals surface area contributed by atoms with Crippen LogP contribution in [0.3, 0.4) is 0 Å². The van der Waals surface area contributed by atoms with Crippen LogP contribution in [0.15, 0.2) is 11.6 Å². The fourth-order valence-electron chi connectivity index (χ4n) is 2.33. The van der Waals surface area contributed by atoms with Gasteiger partial charge in [0, 0.05) is 17.6 Å². The van der Waals surface area contributed by atoms with Gasteiger partial charge in [-0.25, -0.2) is 4.98 Å². The molecule has 0 radical (unpaired) electrons. The van der Waals surface area contributed by atoms with Crippen LogP contribution in [0.2, 0.25) is 0 Å². The minimum absolute atomic E-state index is 0.0382. The zero-order chi connectivity index (χ0) is 14.6. The smallest absolute Gasteiger partial charge is 0.227 e. The lowest BCUT2D eigenvalue weighted by Gasteiger charge is -2.27. The van der Waals surface area contributed by atoms with Crippen molar-refractivity contribution in [2.45, 2.75) is 38.8 Å². The van der Waals surface area contributed by atoms with Crippen LogP contribution < -0.4 is 10.6 Å². The van der Waals surface area contributed by atoms with Gasteiger partial charge in [-0.2, -0.15) is 0 Å². The molecule has 1 fully saturated rings. The van der Waals surface area contributed by atoms with Crippen molar-refractivity contribution in [2.75, 3.05) is 19.8 Å². The van der Waals surface area contributed by atoms with E-state index in [4.69, 9.17) is 4.74 Å². The molecule has 1 amide bonds. The highest BCUT2D eigenvalue weighted by molar-refractivity contribution is 7.09. The molecule has 1 aliphatic heterocycles. The molecule has 6 heteroatoms. The second-order valence-electron chi connectivity index (χ2n) is 5.66. The van der Waals surface area contributed by atoms with E-state index in [2.05, 4.69) is 22.5 Å². The fourth-order valence-corrected chi connectivity index (χ4v) is 3.05. The molecule has 1 saturated heterocycles. The normalized spacial score (nSPS) is 22.9. The maximum atomic E-state index is 12.5. The molecule has 0 aliphatic carbocycles. The van der Waals surface area contributed by atoms with Crippen LogP contribution >= 0.6 is 11.3 Å². The molecule has 1 aromatic heterocycles. The third kappa shape index (κ3) is 3.56. The summed E-state index contributed by atoms with van der Waals surface area (Å²) in [7, 11) is 0. The zero-order valence-electron chi connectivity index (χ0n) is 12.3. The molecule has 20 heavy (non-hydrogen) atoms. The summed E-state index contributed by atoms with van der Waals surface area (Å²) in [5.41, 5.74) is -0.441. The quantitative estimate of drug-likeness (QED) is 0.835. The number of hydrogen-bond acceptors (Lipinski definition) is 5. The molecule has 5 nitrogen and oxygen atoms in total. The molecule has 0 aromatic carbocycles. The van der Waals surface area contributed by atoms with Gasteiger partial charge in [-0.15, -0.1) is 11.3 Å². The highest BCUT2D eigenvalue weighted by Gasteiger charge is 2.36. The lowest BCUT2D eigenvalue weighted by Crippen LogP contribution is -2.49. The number of ether oxygens (including phenoxy) is 1. The molecule has 0 spiro atoms. The minimum atomic E-state index is -0.441. The van der Waals surface area contributed by atoms with Gasteiger partial charge >= 0.3 is 0 Å². The molecule has 2 N–H and O–H groups in total. The van der Waals surface area contributed by atoms with Gasteiger partial charge in [0.15, 0.2) is 0 Å². The molecule has 2 unspecified atom stereocenters. The van der Waals surface area contributed by atoms with E-state index in [1.54, 1.807) is 17.5 Å². The Kier molecular flexibility index (Phi) is 5.12. The first-order valence-electron chi connectivity index (χ1n) is 7.07. The van der Waals surface area contributed by atoms with Gasteiger partial charge in [0.1, 0.15) is 5.01 Å². The third-order valence-electron chi connectivity index (χ3n) is 3.48. The first-order chi connectivity index (χ1) is 9.54. The van der Waals surface area contributed by atoms with Crippen LogP contribution in [0.25, 0.3) is 0 Å². The van der Waals surface area contributed by atoms with Gasteiger partial charge in [-0.1, -0.05) is 6.92 Å². The Morgan fingerprint density at radius 1 is 1.55 bits per heavy atom. The monoisotopic (exact) mass is 297 g/mol. The number of rotatable bonds is 6. The zero-order valence-corrected chi connectivity index (χ0v) is 13.1. The van der Waals surface area contributed by atoms with Crippen molar-refractivity contribution in [1.29, 1.82) is 0 Å². The van der Waals surface area contributed by atoms with E-state index in [0.29, 0.717) is 13.2 Å². The van der Waals surface area contributed by atoms with E-state index in [0.717, 1.165) is 18.0 Å². The maximum absolute atomic E-state index is 12.5. The van der Waals surface area contributed by atoms with Crippen molar-refractivity contribution in [2.24, 2.45) is 5.92 Å². The van der Waals surface area contributed by atoms with Crippen LogP contribution in [0, 0.1) is 5.92 Å². The van der Waals surface area contributed by atoms with Gasteiger partial charge in [-0.3, -0.25) is 4.79 Å². The number of carbonyl (C=O) groups is 1. The van der Waals surface area contributed by atoms with Crippen molar-refractivity contribution in [3.8, 4) is 0 Å². The maximum Gasteiger partial charge on any atom is 0.227 e. The average molecular weight is 297 g/mol. The Labute approximate surface area is 124 Å². The van der Waals surface area contributed by atoms with E-state index in [1.807, 2.05) is 19.2 Å². The van der Waals surface area contributed by atoms with Gasteiger partial charge in [0.25, 0.3) is 0 Å². The summed E-state index contributed by atoms with van der Waals surface area (Å²) in [4.78, 5) is 16.8. The number of nitrogens with one attached hydrogen (secondary N) is 2. The SMILES string of the molecule is CCCNC1COCC1C(=O)NC(C)(C)c1nccs1. The van der Waals surface area contributed by atoms with E-state index in [1.165, 1.54) is 0 Å². The molecule has 0 bridgehead atoms. The molecule has 112 valence electrons. The van der Waals surface area contributed by atoms with Crippen LogP contribution in [0.5, 0.6) is 0 Å². The third-order valence-corrected chi connectivity index (χ3v) is 4.57. The largest absolute Gasteiger partial charge is 0.379 e. The summed E-state index contributed by atoms with van der Waals surface area (Å²) in [5.74, 6) is -0.0860. The van der Waals surface area contributed by atoms with E-state index in [9.17, 15) is 4.79 Å². The Bertz CT molecular complexity index is 434. The van der Waals surface area contributed by atoms with Crippen LogP contribution in [-0.2, 0) is 15.1 Å². The van der Waals surface area contributed by atoms with Crippen molar-refractivity contribution in [1.82, 2.24) is 15.6 Å². The molecule has 1 aromatic rings. The molecule has 2 rings (SSSR count). The van der Waals surface area contributed by atoms with Gasteiger partial charge in [0.2, 0.25) is 5.91 Å². The van der Waals surface area contributed by atoms with E-state index in [-0.39, 0.29) is 17.9 Å². The number of nitrogens with zero attached hydrogens (tertiary/aromatic N) is 1. The van der Waals surface area contributed by atoms with E-state index < -0.39 is 5.54 Å². The highest BCUT2D eigenvalue weighted by atomic mass is 32.1. The summed E-state index contributed by atoms with van der Waals surface area (Å²) in [6.45, 7) is 8.08. The lowest BCUT2D eigenvalue weighted by atomic mass is 9.99. The molecular weight excluding hydrogens is 274 g/mol. The number of thiazole rings is 1. The van der Waals surface area contributed by atoms with E-state index >= 15 is 0 Å². The summed E-state index contributed by atoms with van der Waals surface area (Å²) in [5, 5.41) is 9.32. The summed E-state index contributed by atoms with van der Waals surface area (Å²) >= 11 is 1.56. The van der Waals surface area contributed by atoms with Crippen molar-refractivity contribution in [3.05, 3.63) is 16.6 Å². The second-order valence-corrected chi connectivity index (χ2v) is 6.55. The Balaban J connectivity index is 1.97. The fraction of sp³-hybridized carbons (Fsp3) is 0.714. The van der Waals surface area contributed by atoms with Crippen LogP contribution in [0.1, 0.15) is 32.2 Å². The number of amides is 1. The van der Waals surface area contributed by atoms with Crippen molar-refractivity contribution < 1.29 is 9.53 Å². The standard InChI is InChI=1S/C14H23N3O2S/c1-4-5-15-11-9-19-8-10(11)12(18)17-14(2,3)13-16-6-7-20-13/h6-7,10-11,15H,4-5,8-9H2,1-3H3,(H,17,18). The summed E-state index contributed by atoms with van der Waals surface area (Å²) < 4.78 is 5.46. The Morgan fingerprint density at radius 3 is 3.00 bits per heavy atom. The first-order valence-corrected chi connectivity index (χ1v) is 7.95. The predicted octanol–water partition coefficient (Wildman–Crippen LogP) is 1.51. The average Bonchev–Trinajstić information content (AvgIpc) is 3.06. The van der Waals surface area contributed by atoms with Crippen LogP contribution in [-0.4, -0.2) is 36.7 Å². The predicted molar refractivity (Wildman–Crippen MR) is 79.7 cm³/mol. The number of hydrogen-bond donors (Lipinski definition) is 2. The first kappa shape index (κ1) is 15.4. The summed E-state index contributed by atoms with van der Waals surface area (Å²) in [6, 6.07) is 0.113. The number of aromatic nitrogens is 1. The number of carbonyl (C=O) groups excluding carboxylic acids is 1. The topological polar surface area (TPSA) is 63.2 Å². The second kappa shape index (κ2) is 6.65. The van der Waals surface area contributed by atoms with Gasteiger partial charge < -0.3 is 15.4 Å². The van der Waals surface area contributed by atoms with Gasteiger partial charge in [0.05, 0.1) is 24.7 Å². The van der Waals surface area contributed by atoms with Crippen molar-refractivity contribution in [3.63, 3.8) is 0 Å². The molecular formula is C14H23N3O2S. The molecule has 2 atom stereocenters. The minimum Gasteiger partial charge on any atom is -0.379 e. The van der Waals surface area contributed by atoms with Crippen molar-refractivity contribution >= 4 is 17.2 Å². The molecule has 1 aliphatic rings. The highest BCUT2D eigenvalue weighted by Crippen LogP contribution is 2.24. The van der Waals surface area contributed by atoms with Gasteiger partial charge in [-0.05, 0) is 26.8 Å². The Morgan fingerprint density at radius 2 is 2.35 bits per heavy atom. The van der Waals surface area contributed by atoms with Crippen LogP contribution in [0.4, 0.5) is 0 Å².